The summed E-state index contributed by atoms with van der Waals surface area (Å²) in [7, 11) is 0. The Morgan fingerprint density at radius 1 is 1.21 bits per heavy atom. The fraction of sp³-hybridized carbons (Fsp3) is 0.100. The number of thiazole rings is 1. The maximum Gasteiger partial charge on any atom is 0.337 e. The van der Waals surface area contributed by atoms with Gasteiger partial charge in [-0.3, -0.25) is 0 Å². The molecule has 1 atom stereocenters. The topological polar surface area (TPSA) is 88.0 Å². The summed E-state index contributed by atoms with van der Waals surface area (Å²) in [6.07, 6.45) is 0. The zero-order chi connectivity index (χ0) is 19.7. The van der Waals surface area contributed by atoms with Crippen LogP contribution in [0.3, 0.4) is 0 Å². The Labute approximate surface area is 169 Å². The van der Waals surface area contributed by atoms with Gasteiger partial charge < -0.3 is 9.52 Å². The molecule has 0 aliphatic carbocycles. The third kappa shape index (κ3) is 3.67. The van der Waals surface area contributed by atoms with Crippen molar-refractivity contribution in [2.24, 2.45) is 10.2 Å². The van der Waals surface area contributed by atoms with Crippen molar-refractivity contribution in [2.75, 3.05) is 0 Å². The van der Waals surface area contributed by atoms with Crippen LogP contribution in [0.15, 0.2) is 69.2 Å². The van der Waals surface area contributed by atoms with Crippen molar-refractivity contribution < 1.29 is 14.3 Å². The van der Waals surface area contributed by atoms with Gasteiger partial charge >= 0.3 is 5.97 Å². The molecule has 4 rings (SSSR count). The number of para-hydroxylation sites is 1. The molecule has 2 aromatic heterocycles. The number of nitrogens with zero attached hydrogens (tertiary/aromatic N) is 3. The maximum atomic E-state index is 11.3. The Kier molecular flexibility index (Phi) is 4.93. The number of carbonyl (C=O) groups is 1. The summed E-state index contributed by atoms with van der Waals surface area (Å²) in [5.41, 5.74) is 1.55. The van der Waals surface area contributed by atoms with Gasteiger partial charge in [-0.2, -0.15) is 5.11 Å². The number of benzene rings is 2. The normalized spacial score (nSPS) is 12.6. The summed E-state index contributed by atoms with van der Waals surface area (Å²) >= 11 is 7.39. The van der Waals surface area contributed by atoms with Gasteiger partial charge in [0.2, 0.25) is 5.13 Å². The molecule has 1 unspecified atom stereocenters. The number of furan rings is 1. The van der Waals surface area contributed by atoms with Crippen molar-refractivity contribution in [3.63, 3.8) is 0 Å². The number of aromatic carboxylic acids is 1. The standard InChI is InChI=1S/C20H14ClN3O3S/c1-11(23-24-20-22-15-4-2-3-5-18(15)28-20)16-8-9-17(27-16)12-6-7-14(21)13(10-12)19(25)26/h2-11H,1H3,(H,25,26). The van der Waals surface area contributed by atoms with Gasteiger partial charge in [0, 0.05) is 5.56 Å². The number of hydrogen-bond acceptors (Lipinski definition) is 6. The first-order valence-electron chi connectivity index (χ1n) is 8.40. The Hall–Kier alpha value is -3.03. The van der Waals surface area contributed by atoms with Crippen LogP contribution in [0.4, 0.5) is 5.13 Å². The first-order chi connectivity index (χ1) is 13.5. The molecule has 4 aromatic rings. The van der Waals surface area contributed by atoms with Crippen LogP contribution in [0, 0.1) is 0 Å². The largest absolute Gasteiger partial charge is 0.478 e. The van der Waals surface area contributed by atoms with Gasteiger partial charge in [-0.15, -0.1) is 5.11 Å². The van der Waals surface area contributed by atoms with Crippen LogP contribution >= 0.6 is 22.9 Å². The fourth-order valence-corrected chi connectivity index (χ4v) is 3.66. The minimum absolute atomic E-state index is 0.0284. The Morgan fingerprint density at radius 2 is 2.04 bits per heavy atom. The minimum Gasteiger partial charge on any atom is -0.478 e. The molecular formula is C20H14ClN3O3S. The molecule has 0 bridgehead atoms. The summed E-state index contributed by atoms with van der Waals surface area (Å²) in [5.74, 6) is 0.0690. The van der Waals surface area contributed by atoms with Crippen molar-refractivity contribution in [1.82, 2.24) is 4.98 Å². The molecule has 6 nitrogen and oxygen atoms in total. The van der Waals surface area contributed by atoms with E-state index in [-0.39, 0.29) is 16.6 Å². The van der Waals surface area contributed by atoms with E-state index in [4.69, 9.17) is 16.0 Å². The molecule has 0 aliphatic heterocycles. The van der Waals surface area contributed by atoms with Gasteiger partial charge in [0.25, 0.3) is 0 Å². The monoisotopic (exact) mass is 411 g/mol. The third-order valence-electron chi connectivity index (χ3n) is 4.12. The lowest BCUT2D eigenvalue weighted by molar-refractivity contribution is 0.0697. The average molecular weight is 412 g/mol. The second kappa shape index (κ2) is 7.53. The van der Waals surface area contributed by atoms with E-state index in [0.717, 1.165) is 10.2 Å². The average Bonchev–Trinajstić information content (AvgIpc) is 3.33. The molecular weight excluding hydrogens is 398 g/mol. The molecule has 8 heteroatoms. The first kappa shape index (κ1) is 18.3. The molecule has 2 heterocycles. The van der Waals surface area contributed by atoms with Gasteiger partial charge in [0.1, 0.15) is 17.6 Å². The van der Waals surface area contributed by atoms with Gasteiger partial charge in [-0.25, -0.2) is 9.78 Å². The number of carboxylic acid groups (broad SMARTS) is 1. The summed E-state index contributed by atoms with van der Waals surface area (Å²) in [5, 5.41) is 18.5. The second-order valence-corrected chi connectivity index (χ2v) is 7.47. The highest BCUT2D eigenvalue weighted by Crippen LogP contribution is 2.32. The van der Waals surface area contributed by atoms with E-state index in [1.807, 2.05) is 31.2 Å². The summed E-state index contributed by atoms with van der Waals surface area (Å²) < 4.78 is 6.90. The van der Waals surface area contributed by atoms with Crippen LogP contribution in [-0.2, 0) is 0 Å². The Balaban J connectivity index is 1.55. The molecule has 0 aliphatic rings. The first-order valence-corrected chi connectivity index (χ1v) is 9.60. The number of carboxylic acids is 1. The number of halogens is 1. The van der Waals surface area contributed by atoms with Gasteiger partial charge in [-0.1, -0.05) is 35.1 Å². The quantitative estimate of drug-likeness (QED) is 0.368. The van der Waals surface area contributed by atoms with E-state index in [9.17, 15) is 9.90 Å². The molecule has 0 saturated carbocycles. The second-order valence-electron chi connectivity index (χ2n) is 6.06. The van der Waals surface area contributed by atoms with Gasteiger partial charge in [-0.05, 0) is 49.4 Å². The van der Waals surface area contributed by atoms with Crippen molar-refractivity contribution in [1.29, 1.82) is 0 Å². The van der Waals surface area contributed by atoms with Gasteiger partial charge in [0.15, 0.2) is 0 Å². The van der Waals surface area contributed by atoms with Crippen molar-refractivity contribution >= 4 is 44.3 Å². The van der Waals surface area contributed by atoms with E-state index >= 15 is 0 Å². The third-order valence-corrected chi connectivity index (χ3v) is 5.37. The molecule has 0 spiro atoms. The van der Waals surface area contributed by atoms with Crippen LogP contribution < -0.4 is 0 Å². The van der Waals surface area contributed by atoms with Crippen LogP contribution in [0.1, 0.15) is 29.1 Å². The van der Waals surface area contributed by atoms with E-state index in [1.54, 1.807) is 24.3 Å². The lowest BCUT2D eigenvalue weighted by Crippen LogP contribution is -1.97. The molecule has 0 amide bonds. The maximum absolute atomic E-state index is 11.3. The van der Waals surface area contributed by atoms with Crippen LogP contribution in [0.25, 0.3) is 21.5 Å². The lowest BCUT2D eigenvalue weighted by Gasteiger charge is -2.03. The molecule has 28 heavy (non-hydrogen) atoms. The van der Waals surface area contributed by atoms with E-state index in [1.165, 1.54) is 17.4 Å². The summed E-state index contributed by atoms with van der Waals surface area (Å²) in [6, 6.07) is 15.8. The van der Waals surface area contributed by atoms with Crippen LogP contribution in [-0.4, -0.2) is 16.1 Å². The van der Waals surface area contributed by atoms with E-state index < -0.39 is 5.97 Å². The minimum atomic E-state index is -1.09. The molecule has 0 fully saturated rings. The Bertz CT molecular complexity index is 1170. The zero-order valence-corrected chi connectivity index (χ0v) is 16.2. The Morgan fingerprint density at radius 3 is 2.82 bits per heavy atom. The summed E-state index contributed by atoms with van der Waals surface area (Å²) in [6.45, 7) is 1.87. The predicted molar refractivity (Wildman–Crippen MR) is 109 cm³/mol. The molecule has 0 saturated heterocycles. The number of fused-ring (bicyclic) bond motifs is 1. The van der Waals surface area contributed by atoms with Crippen molar-refractivity contribution in [3.8, 4) is 11.3 Å². The SMILES string of the molecule is CC(N=Nc1nc2ccccc2s1)c1ccc(-c2ccc(Cl)c(C(=O)O)c2)o1. The van der Waals surface area contributed by atoms with Gasteiger partial charge in [0.05, 0.1) is 20.8 Å². The number of hydrogen-bond donors (Lipinski definition) is 1. The smallest absolute Gasteiger partial charge is 0.337 e. The lowest BCUT2D eigenvalue weighted by atomic mass is 10.1. The highest BCUT2D eigenvalue weighted by Gasteiger charge is 2.15. The fourth-order valence-electron chi connectivity index (χ4n) is 2.67. The zero-order valence-electron chi connectivity index (χ0n) is 14.7. The highest BCUT2D eigenvalue weighted by molar-refractivity contribution is 7.21. The van der Waals surface area contributed by atoms with Crippen LogP contribution in [0.2, 0.25) is 5.02 Å². The number of rotatable bonds is 5. The number of aromatic nitrogens is 1. The van der Waals surface area contributed by atoms with Crippen molar-refractivity contribution in [3.05, 3.63) is 70.9 Å². The number of azo groups is 1. The summed E-state index contributed by atoms with van der Waals surface area (Å²) in [4.78, 5) is 15.7. The van der Waals surface area contributed by atoms with Crippen molar-refractivity contribution in [2.45, 2.75) is 13.0 Å². The van der Waals surface area contributed by atoms with E-state index in [0.29, 0.717) is 22.2 Å². The van der Waals surface area contributed by atoms with E-state index in [2.05, 4.69) is 15.2 Å². The molecule has 2 aromatic carbocycles. The molecule has 1 N–H and O–H groups in total. The highest BCUT2D eigenvalue weighted by atomic mass is 35.5. The van der Waals surface area contributed by atoms with Crippen LogP contribution in [0.5, 0.6) is 0 Å². The predicted octanol–water partition coefficient (Wildman–Crippen LogP) is 6.75. The molecule has 0 radical (unpaired) electrons. The molecule has 140 valence electrons.